The van der Waals surface area contributed by atoms with Crippen molar-refractivity contribution >= 4 is 39.9 Å². The number of carbonyl (C=O) groups excluding carboxylic acids is 4. The molecule has 1 saturated heterocycles. The molecular formula is C34H44N8O8S. The third-order valence-electron chi connectivity index (χ3n) is 9.79. The Bertz CT molecular complexity index is 1870. The van der Waals surface area contributed by atoms with Crippen molar-refractivity contribution in [3.05, 3.63) is 48.3 Å². The third-order valence-corrected chi connectivity index (χ3v) is 11.6. The van der Waals surface area contributed by atoms with Gasteiger partial charge in [0.05, 0.1) is 24.7 Å². The number of allylic oxidation sites excluding steroid dienone is 1. The summed E-state index contributed by atoms with van der Waals surface area (Å²) in [6.45, 7) is 9.22. The zero-order chi connectivity index (χ0) is 36.7. The maximum absolute atomic E-state index is 14.4. The second-order valence-corrected chi connectivity index (χ2v) is 16.6. The van der Waals surface area contributed by atoms with Gasteiger partial charge >= 0.3 is 6.09 Å². The highest BCUT2D eigenvalue weighted by atomic mass is 32.2. The van der Waals surface area contributed by atoms with E-state index >= 15 is 0 Å². The van der Waals surface area contributed by atoms with Crippen molar-refractivity contribution in [2.75, 3.05) is 20.3 Å². The number of amides is 4. The lowest BCUT2D eigenvalue weighted by Gasteiger charge is -2.35. The average Bonchev–Trinajstić information content (AvgIpc) is 3.96. The van der Waals surface area contributed by atoms with Gasteiger partial charge in [-0.1, -0.05) is 39.0 Å². The van der Waals surface area contributed by atoms with E-state index in [4.69, 9.17) is 9.47 Å². The number of nitrogens with zero attached hydrogens (tertiary/aromatic N) is 5. The van der Waals surface area contributed by atoms with E-state index in [-0.39, 0.29) is 31.8 Å². The van der Waals surface area contributed by atoms with Crippen LogP contribution in [0.2, 0.25) is 0 Å². The van der Waals surface area contributed by atoms with Crippen molar-refractivity contribution in [2.45, 2.75) is 88.1 Å². The molecule has 4 amide bonds. The highest BCUT2D eigenvalue weighted by Gasteiger charge is 2.62. The molecule has 6 bridgehead atoms. The molecule has 3 heterocycles. The van der Waals surface area contributed by atoms with Gasteiger partial charge in [-0.2, -0.15) is 0 Å². The SMILES string of the molecule is C=C[C@@H]1C[C@]1(NC(=O)[C@@H]1C[C@@H]2CN1C(=O)[C@H](C(C)(C)C)NC(=O)OCCC/C=C/c1cc(ccc1OC)-n1nnc2n1)C(=O)NS(=O)(=O)C1CC1. The standard InChI is InChI=1S/C34H44N8O8S/c1-6-22-18-34(22,31(45)39-51(47,48)24-12-13-24)36-29(43)25-17-21-19-41(25)30(44)27(33(2,3)4)35-32(46)50-15-9-7-8-10-20-16-23(11-14-26(20)49-5)42-38-28(21)37-40-42/h6,8,10-11,14,16,21-22,24-25,27H,1,7,9,12-13,15,17-19H2,2-5H3,(H,35,46)(H,36,43)(H,39,45)/b10-8+/t21-,22-,25+,27-,34-/m1/s1. The van der Waals surface area contributed by atoms with Gasteiger partial charge in [0.15, 0.2) is 5.82 Å². The maximum atomic E-state index is 14.4. The van der Waals surface area contributed by atoms with E-state index in [0.717, 1.165) is 5.56 Å². The fourth-order valence-electron chi connectivity index (χ4n) is 6.56. The summed E-state index contributed by atoms with van der Waals surface area (Å²) in [6.07, 6.45) is 6.80. The summed E-state index contributed by atoms with van der Waals surface area (Å²) in [7, 11) is -2.32. The first-order chi connectivity index (χ1) is 24.2. The van der Waals surface area contributed by atoms with Gasteiger partial charge in [0.2, 0.25) is 21.8 Å². The summed E-state index contributed by atoms with van der Waals surface area (Å²) in [5.41, 5.74) is -0.972. The molecule has 1 aromatic carbocycles. The molecule has 0 radical (unpaired) electrons. The number of cyclic esters (lactones) is 1. The predicted octanol–water partition coefficient (Wildman–Crippen LogP) is 1.97. The van der Waals surface area contributed by atoms with Crippen molar-refractivity contribution < 1.29 is 37.1 Å². The van der Waals surface area contributed by atoms with Gasteiger partial charge in [-0.25, -0.2) is 13.2 Å². The maximum Gasteiger partial charge on any atom is 0.407 e. The molecule has 2 aliphatic heterocycles. The lowest BCUT2D eigenvalue weighted by molar-refractivity contribution is -0.142. The van der Waals surface area contributed by atoms with Crippen LogP contribution in [0.3, 0.4) is 0 Å². The Morgan fingerprint density at radius 2 is 1.98 bits per heavy atom. The van der Waals surface area contributed by atoms with Gasteiger partial charge in [0.25, 0.3) is 5.91 Å². The number of sulfonamides is 1. The first-order valence-electron chi connectivity index (χ1n) is 17.1. The normalized spacial score (nSPS) is 27.5. The van der Waals surface area contributed by atoms with E-state index in [2.05, 4.69) is 37.3 Å². The number of fused-ring (bicyclic) bond motifs is 8. The molecule has 0 spiro atoms. The quantitative estimate of drug-likeness (QED) is 0.352. The molecule has 2 aliphatic carbocycles. The number of hydrogen-bond donors (Lipinski definition) is 3. The molecule has 5 atom stereocenters. The number of rotatable bonds is 7. The third kappa shape index (κ3) is 7.48. The second kappa shape index (κ2) is 13.7. The van der Waals surface area contributed by atoms with Crippen molar-refractivity contribution in [2.24, 2.45) is 11.3 Å². The van der Waals surface area contributed by atoms with Crippen LogP contribution >= 0.6 is 0 Å². The van der Waals surface area contributed by atoms with Crippen LogP contribution in [0.25, 0.3) is 11.8 Å². The highest BCUT2D eigenvalue weighted by Crippen LogP contribution is 2.46. The number of hydrogen-bond acceptors (Lipinski definition) is 11. The van der Waals surface area contributed by atoms with E-state index < -0.39 is 74.0 Å². The fraction of sp³-hybridized carbons (Fsp3) is 0.559. The predicted molar refractivity (Wildman–Crippen MR) is 184 cm³/mol. The number of tetrazole rings is 1. The largest absolute Gasteiger partial charge is 0.496 e. The van der Waals surface area contributed by atoms with Crippen LogP contribution in [-0.2, 0) is 29.1 Å². The van der Waals surface area contributed by atoms with Gasteiger partial charge in [0, 0.05) is 23.9 Å². The lowest BCUT2D eigenvalue weighted by Crippen LogP contribution is -2.60. The first-order valence-corrected chi connectivity index (χ1v) is 18.6. The number of benzene rings is 1. The van der Waals surface area contributed by atoms with Gasteiger partial charge in [-0.15, -0.1) is 21.6 Å². The Balaban J connectivity index is 1.34. The Kier molecular flexibility index (Phi) is 9.69. The van der Waals surface area contributed by atoms with Crippen LogP contribution in [-0.4, -0.2) is 100 Å². The monoisotopic (exact) mass is 724 g/mol. The van der Waals surface area contributed by atoms with Crippen LogP contribution in [0.4, 0.5) is 4.79 Å². The molecule has 17 heteroatoms. The van der Waals surface area contributed by atoms with Crippen LogP contribution in [0.1, 0.15) is 76.6 Å². The van der Waals surface area contributed by atoms with Gasteiger partial charge in [-0.3, -0.25) is 19.1 Å². The summed E-state index contributed by atoms with van der Waals surface area (Å²) >= 11 is 0. The molecule has 6 rings (SSSR count). The first kappa shape index (κ1) is 36.0. The number of aromatic nitrogens is 4. The molecule has 2 aromatic rings. The molecule has 4 aliphatic rings. The van der Waals surface area contributed by atoms with Crippen LogP contribution < -0.4 is 20.1 Å². The molecule has 2 saturated carbocycles. The van der Waals surface area contributed by atoms with Crippen LogP contribution in [0.5, 0.6) is 5.75 Å². The average molecular weight is 725 g/mol. The smallest absolute Gasteiger partial charge is 0.407 e. The van der Waals surface area contributed by atoms with E-state index in [0.29, 0.717) is 37.1 Å². The van der Waals surface area contributed by atoms with Crippen molar-refractivity contribution in [1.82, 2.24) is 40.5 Å². The number of alkyl carbamates (subject to hydrolysis) is 1. The minimum atomic E-state index is -3.89. The summed E-state index contributed by atoms with van der Waals surface area (Å²) in [5, 5.41) is 18.0. The van der Waals surface area contributed by atoms with Gasteiger partial charge < -0.3 is 25.0 Å². The fourth-order valence-corrected chi connectivity index (χ4v) is 7.92. The van der Waals surface area contributed by atoms with E-state index in [1.807, 2.05) is 18.2 Å². The number of nitrogens with one attached hydrogen (secondary N) is 3. The summed E-state index contributed by atoms with van der Waals surface area (Å²) in [6, 6.07) is 3.18. The van der Waals surface area contributed by atoms with Crippen LogP contribution in [0.15, 0.2) is 36.9 Å². The number of methoxy groups -OCH3 is 1. The van der Waals surface area contributed by atoms with Crippen molar-refractivity contribution in [3.8, 4) is 11.4 Å². The molecule has 0 unspecified atom stereocenters. The van der Waals surface area contributed by atoms with Crippen molar-refractivity contribution in [1.29, 1.82) is 0 Å². The second-order valence-electron chi connectivity index (χ2n) is 14.6. The summed E-state index contributed by atoms with van der Waals surface area (Å²) in [4.78, 5) is 57.8. The Hall–Kier alpha value is -4.80. The zero-order valence-electron chi connectivity index (χ0n) is 29.1. The zero-order valence-corrected chi connectivity index (χ0v) is 29.9. The topological polar surface area (TPSA) is 204 Å². The van der Waals surface area contributed by atoms with E-state index in [1.54, 1.807) is 40.0 Å². The molecule has 3 fully saturated rings. The Labute approximate surface area is 296 Å². The summed E-state index contributed by atoms with van der Waals surface area (Å²) in [5.74, 6) is -2.20. The van der Waals surface area contributed by atoms with Crippen molar-refractivity contribution in [3.63, 3.8) is 0 Å². The molecule has 1 aromatic heterocycles. The lowest BCUT2D eigenvalue weighted by atomic mass is 9.85. The van der Waals surface area contributed by atoms with E-state index in [1.165, 1.54) is 15.8 Å². The molecule has 16 nitrogen and oxygen atoms in total. The van der Waals surface area contributed by atoms with Gasteiger partial charge in [0.1, 0.15) is 23.4 Å². The Morgan fingerprint density at radius 3 is 2.65 bits per heavy atom. The highest BCUT2D eigenvalue weighted by molar-refractivity contribution is 7.91. The number of carbonyl (C=O) groups is 4. The molecule has 274 valence electrons. The minimum Gasteiger partial charge on any atom is -0.496 e. The molecule has 51 heavy (non-hydrogen) atoms. The molecule has 3 N–H and O–H groups in total. The van der Waals surface area contributed by atoms with Gasteiger partial charge in [-0.05, 0) is 67.4 Å². The number of ether oxygens (including phenoxy) is 2. The molecular weight excluding hydrogens is 680 g/mol. The van der Waals surface area contributed by atoms with E-state index in [9.17, 15) is 27.6 Å². The minimum absolute atomic E-state index is 0.00264. The summed E-state index contributed by atoms with van der Waals surface area (Å²) < 4.78 is 38.4. The van der Waals surface area contributed by atoms with Crippen LogP contribution in [0, 0.1) is 11.3 Å². The Morgan fingerprint density at radius 1 is 1.22 bits per heavy atom.